The summed E-state index contributed by atoms with van der Waals surface area (Å²) in [6, 6.07) is 5.07. The molecule has 0 unspecified atom stereocenters. The lowest BCUT2D eigenvalue weighted by Gasteiger charge is -2.12. The Hall–Kier alpha value is -2.95. The zero-order valence-electron chi connectivity index (χ0n) is 33.0. The summed E-state index contributed by atoms with van der Waals surface area (Å²) in [6.45, 7) is 6.23. The number of ether oxygens (including phenoxy) is 2. The van der Waals surface area contributed by atoms with Crippen LogP contribution in [0.1, 0.15) is 206 Å². The van der Waals surface area contributed by atoms with Gasteiger partial charge in [0.15, 0.2) is 11.5 Å². The van der Waals surface area contributed by atoms with Gasteiger partial charge in [-0.2, -0.15) is 0 Å². The van der Waals surface area contributed by atoms with E-state index < -0.39 is 0 Å². The molecule has 5 nitrogen and oxygen atoms in total. The van der Waals surface area contributed by atoms with E-state index in [1.165, 1.54) is 109 Å². The summed E-state index contributed by atoms with van der Waals surface area (Å²) < 4.78 is 11.4. The van der Waals surface area contributed by atoms with Crippen molar-refractivity contribution in [2.24, 2.45) is 0 Å². The quantitative estimate of drug-likeness (QED) is 0.0178. The Kier molecular flexibility index (Phi) is 30.9. The minimum atomic E-state index is -0.338. The van der Waals surface area contributed by atoms with Gasteiger partial charge in [-0.05, 0) is 100 Å². The molecule has 0 atom stereocenters. The first-order chi connectivity index (χ1) is 25.0. The van der Waals surface area contributed by atoms with E-state index in [0.717, 1.165) is 64.1 Å². The second-order valence-electron chi connectivity index (χ2n) is 14.3. The lowest BCUT2D eigenvalue weighted by molar-refractivity contribution is -0.137. The molecule has 0 aliphatic heterocycles. The van der Waals surface area contributed by atoms with Crippen LogP contribution in [0, 0.1) is 0 Å². The van der Waals surface area contributed by atoms with Gasteiger partial charge in [0.05, 0.1) is 0 Å². The fourth-order valence-corrected chi connectivity index (χ4v) is 6.10. The van der Waals surface area contributed by atoms with Crippen molar-refractivity contribution in [1.82, 2.24) is 0 Å². The first-order valence-electron chi connectivity index (χ1n) is 21.0. The van der Waals surface area contributed by atoms with Gasteiger partial charge in [0.2, 0.25) is 0 Å². The summed E-state index contributed by atoms with van der Waals surface area (Å²) in [5, 5.41) is 0. The van der Waals surface area contributed by atoms with Crippen LogP contribution in [0.15, 0.2) is 48.1 Å². The van der Waals surface area contributed by atoms with Crippen LogP contribution in [0.2, 0.25) is 0 Å². The van der Waals surface area contributed by atoms with Gasteiger partial charge in [-0.15, -0.1) is 0 Å². The zero-order chi connectivity index (χ0) is 37.0. The summed E-state index contributed by atoms with van der Waals surface area (Å²) in [5.41, 5.74) is 1.26. The molecule has 0 radical (unpaired) electrons. The molecule has 0 bridgehead atoms. The number of esters is 2. The molecule has 0 aromatic heterocycles. The summed E-state index contributed by atoms with van der Waals surface area (Å²) in [6.07, 6.45) is 43.7. The van der Waals surface area contributed by atoms with Crippen LogP contribution >= 0.6 is 0 Å². The summed E-state index contributed by atoms with van der Waals surface area (Å²) in [7, 11) is 0. The number of unbranched alkanes of at least 4 members (excludes halogenated alkanes) is 22. The summed E-state index contributed by atoms with van der Waals surface area (Å²) in [5.74, 6) is -0.199. The molecule has 0 saturated carbocycles. The molecule has 0 amide bonds. The maximum absolute atomic E-state index is 12.8. The zero-order valence-corrected chi connectivity index (χ0v) is 33.0. The van der Waals surface area contributed by atoms with Gasteiger partial charge in [0.1, 0.15) is 6.29 Å². The minimum absolute atomic E-state index is 0.220. The van der Waals surface area contributed by atoms with E-state index in [1.807, 2.05) is 0 Å². The van der Waals surface area contributed by atoms with Gasteiger partial charge >= 0.3 is 11.9 Å². The fourth-order valence-electron chi connectivity index (χ4n) is 6.10. The van der Waals surface area contributed by atoms with Crippen LogP contribution in [0.25, 0.3) is 6.08 Å². The molecular formula is C46H74O5. The number of carbonyl (C=O) groups excluding carboxylic acids is 3. The molecule has 1 aromatic carbocycles. The van der Waals surface area contributed by atoms with E-state index in [-0.39, 0.29) is 23.4 Å². The lowest BCUT2D eigenvalue weighted by atomic mass is 10.1. The molecule has 0 aliphatic rings. The molecule has 288 valence electrons. The Balaban J connectivity index is 2.33. The third-order valence-corrected chi connectivity index (χ3v) is 9.28. The molecule has 0 saturated heterocycles. The highest BCUT2D eigenvalue weighted by Crippen LogP contribution is 2.30. The largest absolute Gasteiger partial charge is 0.423 e. The van der Waals surface area contributed by atoms with Crippen molar-refractivity contribution in [3.8, 4) is 11.5 Å². The molecule has 0 aliphatic carbocycles. The van der Waals surface area contributed by atoms with Crippen LogP contribution in [0.5, 0.6) is 11.5 Å². The molecule has 1 rings (SSSR count). The Morgan fingerprint density at radius 2 is 0.882 bits per heavy atom. The van der Waals surface area contributed by atoms with E-state index in [2.05, 4.69) is 38.2 Å². The number of hydrogen-bond acceptors (Lipinski definition) is 5. The Bertz CT molecular complexity index is 1110. The van der Waals surface area contributed by atoms with E-state index in [4.69, 9.17) is 9.47 Å². The normalized spacial score (nSPS) is 11.9. The highest BCUT2D eigenvalue weighted by atomic mass is 16.6. The van der Waals surface area contributed by atoms with E-state index >= 15 is 0 Å². The monoisotopic (exact) mass is 707 g/mol. The molecule has 0 heterocycles. The molecule has 0 spiro atoms. The van der Waals surface area contributed by atoms with E-state index in [0.29, 0.717) is 24.0 Å². The van der Waals surface area contributed by atoms with Crippen LogP contribution in [-0.2, 0) is 14.4 Å². The SMILES string of the molecule is CCCCCCCC/C=C\CCCCCCCC(=O)Oc1ccc(C=C(C)C=O)cc1OC(=O)CCCCCCC/C=C\CCCCCCCC. The van der Waals surface area contributed by atoms with Gasteiger partial charge in [-0.1, -0.05) is 147 Å². The average Bonchev–Trinajstić information content (AvgIpc) is 3.12. The highest BCUT2D eigenvalue weighted by Gasteiger charge is 2.15. The number of rotatable bonds is 34. The Morgan fingerprint density at radius 3 is 1.29 bits per heavy atom. The topological polar surface area (TPSA) is 69.7 Å². The average molecular weight is 707 g/mol. The predicted octanol–water partition coefficient (Wildman–Crippen LogP) is 14.2. The van der Waals surface area contributed by atoms with E-state index in [9.17, 15) is 14.4 Å². The van der Waals surface area contributed by atoms with E-state index in [1.54, 1.807) is 31.2 Å². The summed E-state index contributed by atoms with van der Waals surface area (Å²) in [4.78, 5) is 36.6. The number of benzene rings is 1. The molecule has 51 heavy (non-hydrogen) atoms. The van der Waals surface area contributed by atoms with Crippen molar-refractivity contribution >= 4 is 24.3 Å². The fraction of sp³-hybridized carbons (Fsp3) is 0.674. The maximum atomic E-state index is 12.8. The standard InChI is InChI=1S/C46H74O5/c1-4-6-8-10-12-14-16-18-20-22-24-26-28-30-32-34-45(48)50-43-37-36-42(38-41(3)40-47)39-44(43)51-46(49)35-33-31-29-27-25-23-21-19-17-15-13-11-9-7-5-2/h18-21,36-40H,4-17,22-35H2,1-3H3/b20-18-,21-19-,41-38?. The van der Waals surface area contributed by atoms with Crippen LogP contribution in [0.3, 0.4) is 0 Å². The van der Waals surface area contributed by atoms with Crippen molar-refractivity contribution in [3.63, 3.8) is 0 Å². The lowest BCUT2D eigenvalue weighted by Crippen LogP contribution is -2.12. The number of allylic oxidation sites excluding steroid dienone is 5. The first-order valence-corrected chi connectivity index (χ1v) is 21.0. The summed E-state index contributed by atoms with van der Waals surface area (Å²) >= 11 is 0. The maximum Gasteiger partial charge on any atom is 0.311 e. The molecule has 5 heteroatoms. The van der Waals surface area contributed by atoms with Gasteiger partial charge in [-0.3, -0.25) is 14.4 Å². The smallest absolute Gasteiger partial charge is 0.311 e. The molecule has 0 fully saturated rings. The Labute approximate surface area is 313 Å². The third kappa shape index (κ3) is 28.3. The third-order valence-electron chi connectivity index (χ3n) is 9.28. The second kappa shape index (κ2) is 34.2. The molecular weight excluding hydrogens is 633 g/mol. The van der Waals surface area contributed by atoms with Gasteiger partial charge < -0.3 is 9.47 Å². The predicted molar refractivity (Wildman–Crippen MR) is 216 cm³/mol. The second-order valence-corrected chi connectivity index (χ2v) is 14.3. The van der Waals surface area contributed by atoms with Crippen LogP contribution in [-0.4, -0.2) is 18.2 Å². The number of carbonyl (C=O) groups is 3. The van der Waals surface area contributed by atoms with Gasteiger partial charge in [0.25, 0.3) is 0 Å². The van der Waals surface area contributed by atoms with Crippen molar-refractivity contribution in [3.05, 3.63) is 53.6 Å². The Morgan fingerprint density at radius 1 is 0.510 bits per heavy atom. The number of hydrogen-bond donors (Lipinski definition) is 0. The van der Waals surface area contributed by atoms with Crippen LogP contribution < -0.4 is 9.47 Å². The van der Waals surface area contributed by atoms with Crippen molar-refractivity contribution in [2.45, 2.75) is 201 Å². The van der Waals surface area contributed by atoms with Crippen LogP contribution in [0.4, 0.5) is 0 Å². The van der Waals surface area contributed by atoms with Gasteiger partial charge in [0, 0.05) is 12.8 Å². The molecule has 0 N–H and O–H groups in total. The van der Waals surface area contributed by atoms with Gasteiger partial charge in [-0.25, -0.2) is 0 Å². The van der Waals surface area contributed by atoms with Crippen molar-refractivity contribution in [1.29, 1.82) is 0 Å². The number of aldehydes is 1. The minimum Gasteiger partial charge on any atom is -0.423 e. The highest BCUT2D eigenvalue weighted by molar-refractivity contribution is 5.82. The molecule has 1 aromatic rings. The van der Waals surface area contributed by atoms with Crippen molar-refractivity contribution in [2.75, 3.05) is 0 Å². The van der Waals surface area contributed by atoms with Crippen molar-refractivity contribution < 1.29 is 23.9 Å². The first kappa shape index (κ1) is 46.1.